The number of hydrogen-bond donors (Lipinski definition) is 2. The second-order valence-electron chi connectivity index (χ2n) is 9.13. The van der Waals surface area contributed by atoms with Gasteiger partial charge >= 0.3 is 12.0 Å². The van der Waals surface area contributed by atoms with Gasteiger partial charge in [-0.3, -0.25) is 9.59 Å². The maximum absolute atomic E-state index is 13.0. The summed E-state index contributed by atoms with van der Waals surface area (Å²) in [5.74, 6) is -0.605. The Morgan fingerprint density at radius 3 is 2.27 bits per heavy atom. The van der Waals surface area contributed by atoms with Gasteiger partial charge in [-0.1, -0.05) is 46.1 Å². The highest BCUT2D eigenvalue weighted by Crippen LogP contribution is 2.30. The average Bonchev–Trinajstić information content (AvgIpc) is 3.28. The maximum Gasteiger partial charge on any atom is 0.325 e. The molecule has 1 saturated heterocycles. The molecule has 30 heavy (non-hydrogen) atoms. The SMILES string of the molecule is C=CC1=C(C=C)CC(OC(=O)CNC(=O)NC(C(=O)N2CCC[C@H]2C)C(C)(C)C)C1. The van der Waals surface area contributed by atoms with Crippen LogP contribution in [0.3, 0.4) is 0 Å². The molecule has 1 fully saturated rings. The summed E-state index contributed by atoms with van der Waals surface area (Å²) >= 11 is 0. The van der Waals surface area contributed by atoms with Gasteiger partial charge in [0.2, 0.25) is 5.91 Å². The molecule has 166 valence electrons. The third-order valence-electron chi connectivity index (χ3n) is 5.72. The van der Waals surface area contributed by atoms with E-state index in [1.165, 1.54) is 0 Å². The molecule has 2 aliphatic rings. The third-order valence-corrected chi connectivity index (χ3v) is 5.72. The van der Waals surface area contributed by atoms with Crippen LogP contribution in [-0.2, 0) is 14.3 Å². The number of ether oxygens (including phenoxy) is 1. The van der Waals surface area contributed by atoms with Crippen molar-refractivity contribution in [3.8, 4) is 0 Å². The smallest absolute Gasteiger partial charge is 0.325 e. The van der Waals surface area contributed by atoms with Gasteiger partial charge in [0.05, 0.1) is 0 Å². The number of allylic oxidation sites excluding steroid dienone is 2. The van der Waals surface area contributed by atoms with E-state index in [0.29, 0.717) is 19.4 Å². The summed E-state index contributed by atoms with van der Waals surface area (Å²) in [6.07, 6.45) is 6.36. The molecule has 1 aliphatic carbocycles. The van der Waals surface area contributed by atoms with Crippen LogP contribution in [0.4, 0.5) is 4.79 Å². The van der Waals surface area contributed by atoms with Crippen LogP contribution in [0.25, 0.3) is 0 Å². The first kappa shape index (κ1) is 23.7. The van der Waals surface area contributed by atoms with E-state index >= 15 is 0 Å². The minimum Gasteiger partial charge on any atom is -0.460 e. The first-order valence-corrected chi connectivity index (χ1v) is 10.6. The minimum atomic E-state index is -0.682. The minimum absolute atomic E-state index is 0.0869. The van der Waals surface area contributed by atoms with Crippen LogP contribution in [0.5, 0.6) is 0 Å². The van der Waals surface area contributed by atoms with Gasteiger partial charge in [-0.25, -0.2) is 4.79 Å². The van der Waals surface area contributed by atoms with E-state index in [2.05, 4.69) is 23.8 Å². The molecule has 1 unspecified atom stereocenters. The molecule has 0 spiro atoms. The lowest BCUT2D eigenvalue weighted by atomic mass is 9.85. The lowest BCUT2D eigenvalue weighted by Crippen LogP contribution is -2.57. The van der Waals surface area contributed by atoms with Crippen molar-refractivity contribution in [3.63, 3.8) is 0 Å². The monoisotopic (exact) mass is 417 g/mol. The quantitative estimate of drug-likeness (QED) is 0.623. The molecule has 1 aliphatic heterocycles. The highest BCUT2D eigenvalue weighted by Gasteiger charge is 2.38. The molecule has 7 heteroatoms. The third kappa shape index (κ3) is 5.97. The number of rotatable bonds is 7. The Morgan fingerprint density at radius 2 is 1.80 bits per heavy atom. The number of carbonyl (C=O) groups is 3. The van der Waals surface area contributed by atoms with Crippen LogP contribution < -0.4 is 10.6 Å². The van der Waals surface area contributed by atoms with E-state index in [1.54, 1.807) is 12.2 Å². The Labute approximate surface area is 179 Å². The summed E-state index contributed by atoms with van der Waals surface area (Å²) in [5, 5.41) is 5.27. The number of urea groups is 1. The highest BCUT2D eigenvalue weighted by atomic mass is 16.5. The number of hydrogen-bond acceptors (Lipinski definition) is 4. The molecule has 2 N–H and O–H groups in total. The predicted octanol–water partition coefficient (Wildman–Crippen LogP) is 3.09. The van der Waals surface area contributed by atoms with Crippen molar-refractivity contribution < 1.29 is 19.1 Å². The van der Waals surface area contributed by atoms with Crippen LogP contribution in [0, 0.1) is 5.41 Å². The molecule has 0 aromatic heterocycles. The van der Waals surface area contributed by atoms with Crippen molar-refractivity contribution in [1.82, 2.24) is 15.5 Å². The normalized spacial score (nSPS) is 20.7. The summed E-state index contributed by atoms with van der Waals surface area (Å²) in [7, 11) is 0. The Morgan fingerprint density at radius 1 is 1.20 bits per heavy atom. The van der Waals surface area contributed by atoms with Crippen LogP contribution in [0.1, 0.15) is 53.4 Å². The maximum atomic E-state index is 13.0. The Hall–Kier alpha value is -2.57. The fourth-order valence-electron chi connectivity index (χ4n) is 3.97. The topological polar surface area (TPSA) is 87.7 Å². The van der Waals surface area contributed by atoms with E-state index in [4.69, 9.17) is 4.74 Å². The zero-order chi connectivity index (χ0) is 22.5. The Kier molecular flexibility index (Phi) is 7.87. The van der Waals surface area contributed by atoms with E-state index in [9.17, 15) is 14.4 Å². The van der Waals surface area contributed by atoms with Crippen molar-refractivity contribution in [1.29, 1.82) is 0 Å². The van der Waals surface area contributed by atoms with E-state index in [0.717, 1.165) is 24.0 Å². The van der Waals surface area contributed by atoms with Gasteiger partial charge in [0, 0.05) is 25.4 Å². The molecule has 0 aromatic rings. The molecule has 2 rings (SSSR count). The lowest BCUT2D eigenvalue weighted by molar-refractivity contribution is -0.147. The average molecular weight is 418 g/mol. The van der Waals surface area contributed by atoms with E-state index in [-0.39, 0.29) is 24.6 Å². The fraction of sp³-hybridized carbons (Fsp3) is 0.609. The summed E-state index contributed by atoms with van der Waals surface area (Å²) < 4.78 is 5.45. The summed E-state index contributed by atoms with van der Waals surface area (Å²) in [6, 6.07) is -1.07. The summed E-state index contributed by atoms with van der Waals surface area (Å²) in [6.45, 7) is 15.7. The lowest BCUT2D eigenvalue weighted by Gasteiger charge is -2.35. The van der Waals surface area contributed by atoms with Crippen molar-refractivity contribution in [2.24, 2.45) is 5.41 Å². The standard InChI is InChI=1S/C23H35N3O4/c1-7-16-12-18(13-17(16)8-2)30-19(27)14-24-22(29)25-20(23(4,5)6)21(28)26-11-9-10-15(26)3/h7-8,15,18,20H,1-2,9-14H2,3-6H3,(H2,24,25,29)/t15-,20?/m1/s1. The van der Waals surface area contributed by atoms with Crippen molar-refractivity contribution in [2.75, 3.05) is 13.1 Å². The molecule has 2 atom stereocenters. The van der Waals surface area contributed by atoms with Crippen LogP contribution in [-0.4, -0.2) is 54.1 Å². The molecule has 0 bridgehead atoms. The molecule has 0 saturated carbocycles. The van der Waals surface area contributed by atoms with Gasteiger partial charge in [0.1, 0.15) is 18.7 Å². The van der Waals surface area contributed by atoms with Crippen molar-refractivity contribution in [2.45, 2.75) is 71.6 Å². The number of nitrogens with zero attached hydrogens (tertiary/aromatic N) is 1. The van der Waals surface area contributed by atoms with Crippen molar-refractivity contribution >= 4 is 17.9 Å². The highest BCUT2D eigenvalue weighted by molar-refractivity contribution is 5.89. The first-order valence-electron chi connectivity index (χ1n) is 10.6. The number of esters is 1. The van der Waals surface area contributed by atoms with Gasteiger partial charge in [-0.2, -0.15) is 0 Å². The fourth-order valence-corrected chi connectivity index (χ4v) is 3.97. The number of carbonyl (C=O) groups excluding carboxylic acids is 3. The van der Waals surface area contributed by atoms with Crippen molar-refractivity contribution in [3.05, 3.63) is 36.5 Å². The number of amides is 3. The summed E-state index contributed by atoms with van der Waals surface area (Å²) in [5.41, 5.74) is 1.59. The predicted molar refractivity (Wildman–Crippen MR) is 117 cm³/mol. The molecule has 0 radical (unpaired) electrons. The van der Waals surface area contributed by atoms with Gasteiger partial charge < -0.3 is 20.3 Å². The molecular formula is C23H35N3O4. The van der Waals surface area contributed by atoms with E-state index < -0.39 is 23.5 Å². The second-order valence-corrected chi connectivity index (χ2v) is 9.13. The molecule has 3 amide bonds. The van der Waals surface area contributed by atoms with Gasteiger partial charge in [-0.05, 0) is 36.3 Å². The molecule has 0 aromatic carbocycles. The molecule has 1 heterocycles. The molecule has 7 nitrogen and oxygen atoms in total. The van der Waals surface area contributed by atoms with E-state index in [1.807, 2.05) is 32.6 Å². The van der Waals surface area contributed by atoms with Crippen LogP contribution >= 0.6 is 0 Å². The van der Waals surface area contributed by atoms with Crippen LogP contribution in [0.2, 0.25) is 0 Å². The molecular weight excluding hydrogens is 382 g/mol. The first-order chi connectivity index (χ1) is 14.1. The second kappa shape index (κ2) is 9.96. The number of likely N-dealkylation sites (tertiary alicyclic amines) is 1. The van der Waals surface area contributed by atoms with Gasteiger partial charge in [-0.15, -0.1) is 0 Å². The largest absolute Gasteiger partial charge is 0.460 e. The Balaban J connectivity index is 1.85. The summed E-state index contributed by atoms with van der Waals surface area (Å²) in [4.78, 5) is 39.4. The number of nitrogens with one attached hydrogen (secondary N) is 2. The zero-order valence-electron chi connectivity index (χ0n) is 18.6. The Bertz CT molecular complexity index is 715. The van der Waals surface area contributed by atoms with Crippen LogP contribution in [0.15, 0.2) is 36.5 Å². The van der Waals surface area contributed by atoms with Gasteiger partial charge in [0.15, 0.2) is 0 Å². The zero-order valence-corrected chi connectivity index (χ0v) is 18.6. The van der Waals surface area contributed by atoms with Gasteiger partial charge in [0.25, 0.3) is 0 Å².